The topological polar surface area (TPSA) is 35.5 Å². The molecule has 0 bridgehead atoms. The van der Waals surface area contributed by atoms with Crippen LogP contribution in [0.4, 0.5) is 9.18 Å². The first-order valence-electron chi connectivity index (χ1n) is 14.4. The summed E-state index contributed by atoms with van der Waals surface area (Å²) in [5, 5.41) is 0. The summed E-state index contributed by atoms with van der Waals surface area (Å²) in [5.74, 6) is 1.89. The minimum Gasteiger partial charge on any atom is -0.395 e. The van der Waals surface area contributed by atoms with Crippen LogP contribution in [0.3, 0.4) is 0 Å². The van der Waals surface area contributed by atoms with E-state index in [0.717, 1.165) is 42.7 Å². The number of aryl methyl sites for hydroxylation is 1. The lowest BCUT2D eigenvalue weighted by atomic mass is 9.77. The second-order valence-electron chi connectivity index (χ2n) is 10.7. The van der Waals surface area contributed by atoms with Gasteiger partial charge < -0.3 is 9.47 Å². The van der Waals surface area contributed by atoms with Gasteiger partial charge in [-0.1, -0.05) is 82.3 Å². The molecule has 4 rings (SSSR count). The highest BCUT2D eigenvalue weighted by atomic mass is 19.1. The van der Waals surface area contributed by atoms with Crippen LogP contribution in [0.15, 0.2) is 66.7 Å². The Morgan fingerprint density at radius 1 is 0.789 bits per heavy atom. The van der Waals surface area contributed by atoms with Gasteiger partial charge in [-0.2, -0.15) is 0 Å². The molecule has 202 valence electrons. The molecule has 3 aromatic carbocycles. The van der Waals surface area contributed by atoms with Crippen LogP contribution in [0, 0.1) is 11.7 Å². The summed E-state index contributed by atoms with van der Waals surface area (Å²) in [6.07, 6.45) is 12.5. The van der Waals surface area contributed by atoms with Crippen molar-refractivity contribution in [3.8, 4) is 22.6 Å². The fourth-order valence-electron chi connectivity index (χ4n) is 5.52. The predicted molar refractivity (Wildman–Crippen MR) is 152 cm³/mol. The third-order valence-corrected chi connectivity index (χ3v) is 7.84. The summed E-state index contributed by atoms with van der Waals surface area (Å²) in [6.45, 7) is 4.44. The average molecular weight is 517 g/mol. The number of carbonyl (C=O) groups is 1. The minimum absolute atomic E-state index is 0.207. The number of ether oxygens (including phenoxy) is 2. The number of benzene rings is 3. The fourth-order valence-corrected chi connectivity index (χ4v) is 5.52. The molecule has 38 heavy (non-hydrogen) atoms. The zero-order valence-corrected chi connectivity index (χ0v) is 22.9. The van der Waals surface area contributed by atoms with E-state index in [2.05, 4.69) is 19.9 Å². The van der Waals surface area contributed by atoms with Crippen molar-refractivity contribution in [2.75, 3.05) is 0 Å². The van der Waals surface area contributed by atoms with E-state index < -0.39 is 6.16 Å². The Morgan fingerprint density at radius 2 is 1.42 bits per heavy atom. The molecule has 0 radical (unpaired) electrons. The number of unbranched alkanes of at least 4 members (excludes halogenated alkanes) is 3. The summed E-state index contributed by atoms with van der Waals surface area (Å²) in [7, 11) is 0. The normalized spacial score (nSPS) is 17.2. The molecule has 3 nitrogen and oxygen atoms in total. The number of hydrogen-bond acceptors (Lipinski definition) is 3. The van der Waals surface area contributed by atoms with Crippen LogP contribution in [0.1, 0.15) is 95.1 Å². The van der Waals surface area contributed by atoms with Crippen molar-refractivity contribution in [2.24, 2.45) is 5.92 Å². The van der Waals surface area contributed by atoms with Gasteiger partial charge in [0.25, 0.3) is 0 Å². The minimum atomic E-state index is -0.795. The molecular weight excluding hydrogens is 475 g/mol. The van der Waals surface area contributed by atoms with E-state index >= 15 is 4.39 Å². The number of hydrogen-bond donors (Lipinski definition) is 0. The van der Waals surface area contributed by atoms with E-state index in [4.69, 9.17) is 9.47 Å². The molecule has 0 aromatic heterocycles. The monoisotopic (exact) mass is 516 g/mol. The summed E-state index contributed by atoms with van der Waals surface area (Å²) in [4.78, 5) is 12.2. The maximum atomic E-state index is 15.1. The number of carbonyl (C=O) groups excluding carboxylic acids is 1. The van der Waals surface area contributed by atoms with E-state index in [0.29, 0.717) is 23.0 Å². The van der Waals surface area contributed by atoms with Crippen molar-refractivity contribution in [2.45, 2.75) is 90.4 Å². The summed E-state index contributed by atoms with van der Waals surface area (Å²) in [6, 6.07) is 20.1. The Labute approximate surface area is 227 Å². The van der Waals surface area contributed by atoms with Crippen LogP contribution in [-0.4, -0.2) is 6.16 Å². The molecular formula is C34H41FO3. The maximum absolute atomic E-state index is 15.1. The second kappa shape index (κ2) is 14.1. The van der Waals surface area contributed by atoms with Gasteiger partial charge in [0.1, 0.15) is 17.3 Å². The third kappa shape index (κ3) is 7.93. The van der Waals surface area contributed by atoms with Gasteiger partial charge >= 0.3 is 6.16 Å². The van der Waals surface area contributed by atoms with Gasteiger partial charge in [-0.15, -0.1) is 0 Å². The Morgan fingerprint density at radius 3 is 2.03 bits per heavy atom. The van der Waals surface area contributed by atoms with Crippen LogP contribution in [-0.2, 0) is 6.42 Å². The van der Waals surface area contributed by atoms with Crippen molar-refractivity contribution < 1.29 is 18.7 Å². The standard InChI is InChI=1S/C34H41FO3/c1-3-5-7-9-26-12-19-30(20-13-26)37-34(36)38-31-21-16-28(17-22-31)32-23-18-29(24-33(32)35)27-14-10-25(11-15-27)8-6-4-2/h12-13,16-25,27H,3-11,14-15H2,1-2H3/t25-,27-. The van der Waals surface area contributed by atoms with Crippen molar-refractivity contribution in [3.63, 3.8) is 0 Å². The molecule has 4 heteroatoms. The SMILES string of the molecule is CCCCCc1ccc(OC(=O)Oc2ccc(-c3ccc([C@H]4CC[C@H](CCCC)CC4)cc3F)cc2)cc1. The fraction of sp³-hybridized carbons (Fsp3) is 0.441. The highest BCUT2D eigenvalue weighted by Gasteiger charge is 2.23. The van der Waals surface area contributed by atoms with E-state index in [1.54, 1.807) is 42.5 Å². The molecule has 1 aliphatic carbocycles. The molecule has 1 aliphatic rings. The van der Waals surface area contributed by atoms with Crippen LogP contribution < -0.4 is 9.47 Å². The first kappa shape index (κ1) is 27.9. The zero-order chi connectivity index (χ0) is 26.7. The van der Waals surface area contributed by atoms with Gasteiger partial charge in [-0.25, -0.2) is 9.18 Å². The first-order chi connectivity index (χ1) is 18.6. The lowest BCUT2D eigenvalue weighted by Crippen LogP contribution is -2.13. The highest BCUT2D eigenvalue weighted by molar-refractivity contribution is 5.69. The van der Waals surface area contributed by atoms with Crippen molar-refractivity contribution in [1.82, 2.24) is 0 Å². The van der Waals surface area contributed by atoms with Crippen molar-refractivity contribution in [3.05, 3.63) is 83.7 Å². The zero-order valence-electron chi connectivity index (χ0n) is 22.9. The predicted octanol–water partition coefficient (Wildman–Crippen LogP) is 10.3. The van der Waals surface area contributed by atoms with Gasteiger partial charge in [0, 0.05) is 5.56 Å². The highest BCUT2D eigenvalue weighted by Crippen LogP contribution is 2.39. The molecule has 0 aliphatic heterocycles. The largest absolute Gasteiger partial charge is 0.519 e. The summed E-state index contributed by atoms with van der Waals surface area (Å²) < 4.78 is 25.7. The van der Waals surface area contributed by atoms with E-state index in [1.807, 2.05) is 18.2 Å². The lowest BCUT2D eigenvalue weighted by Gasteiger charge is -2.29. The average Bonchev–Trinajstić information content (AvgIpc) is 2.94. The van der Waals surface area contributed by atoms with Gasteiger partial charge in [-0.3, -0.25) is 0 Å². The third-order valence-electron chi connectivity index (χ3n) is 7.84. The molecule has 0 unspecified atom stereocenters. The molecule has 1 saturated carbocycles. The van der Waals surface area contributed by atoms with Gasteiger partial charge in [0.2, 0.25) is 0 Å². The molecule has 1 fully saturated rings. The summed E-state index contributed by atoms with van der Waals surface area (Å²) in [5.41, 5.74) is 3.64. The Hall–Kier alpha value is -3.14. The van der Waals surface area contributed by atoms with E-state index in [1.165, 1.54) is 50.5 Å². The van der Waals surface area contributed by atoms with Gasteiger partial charge in [-0.05, 0) is 97.4 Å². The number of rotatable bonds is 11. The molecule has 0 N–H and O–H groups in total. The van der Waals surface area contributed by atoms with Crippen LogP contribution in [0.25, 0.3) is 11.1 Å². The Bertz CT molecular complexity index is 1150. The first-order valence-corrected chi connectivity index (χ1v) is 14.4. The molecule has 0 saturated heterocycles. The molecule has 0 heterocycles. The second-order valence-corrected chi connectivity index (χ2v) is 10.7. The van der Waals surface area contributed by atoms with Crippen LogP contribution in [0.5, 0.6) is 11.5 Å². The Balaban J connectivity index is 1.29. The molecule has 3 aromatic rings. The van der Waals surface area contributed by atoms with E-state index in [-0.39, 0.29) is 5.82 Å². The lowest BCUT2D eigenvalue weighted by molar-refractivity contribution is 0.152. The molecule has 0 atom stereocenters. The Kier molecular flexibility index (Phi) is 10.4. The smallest absolute Gasteiger partial charge is 0.395 e. The summed E-state index contributed by atoms with van der Waals surface area (Å²) >= 11 is 0. The van der Waals surface area contributed by atoms with Gasteiger partial charge in [0.05, 0.1) is 0 Å². The van der Waals surface area contributed by atoms with Crippen molar-refractivity contribution >= 4 is 6.16 Å². The van der Waals surface area contributed by atoms with Gasteiger partial charge in [0.15, 0.2) is 0 Å². The quantitative estimate of drug-likeness (QED) is 0.144. The maximum Gasteiger partial charge on any atom is 0.519 e. The van der Waals surface area contributed by atoms with Crippen LogP contribution in [0.2, 0.25) is 0 Å². The van der Waals surface area contributed by atoms with Crippen molar-refractivity contribution in [1.29, 1.82) is 0 Å². The molecule has 0 amide bonds. The van der Waals surface area contributed by atoms with Crippen LogP contribution >= 0.6 is 0 Å². The van der Waals surface area contributed by atoms with E-state index in [9.17, 15) is 4.79 Å². The number of halogens is 1. The molecule has 0 spiro atoms.